The van der Waals surface area contributed by atoms with Gasteiger partial charge < -0.3 is 53.2 Å². The Balaban J connectivity index is 5.96. The van der Waals surface area contributed by atoms with Crippen LogP contribution in [0, 0.1) is 0 Å². The molecule has 0 aliphatic heterocycles. The number of amides is 10. The number of nitrogens with one attached hydrogen (secondary N) is 10. The Hall–Kier alpha value is -5.30. The summed E-state index contributed by atoms with van der Waals surface area (Å²) in [7, 11) is 0. The predicted molar refractivity (Wildman–Crippen MR) is 266 cm³/mol. The van der Waals surface area contributed by atoms with Gasteiger partial charge in [-0.1, -0.05) is 138 Å². The molecule has 20 heteroatoms. The number of hydrogen-bond donors (Lipinski definition) is 10. The minimum atomic E-state index is -1.13. The second-order valence-electron chi connectivity index (χ2n) is 17.8. The number of unbranched alkanes of at least 4 members (excludes halogenated alkanes) is 10. The molecule has 69 heavy (non-hydrogen) atoms. The van der Waals surface area contributed by atoms with Gasteiger partial charge in [0.15, 0.2) is 0 Å². The fraction of sp³-hybridized carbons (Fsp3) is 0.796. The normalized spacial score (nSPS) is 13.4. The van der Waals surface area contributed by atoms with Gasteiger partial charge in [-0.05, 0) is 45.4 Å². The van der Waals surface area contributed by atoms with Gasteiger partial charge in [-0.3, -0.25) is 47.9 Å². The van der Waals surface area contributed by atoms with Crippen molar-refractivity contribution in [2.75, 3.05) is 26.2 Å². The summed E-state index contributed by atoms with van der Waals surface area (Å²) in [5, 5.41) is 26.6. The van der Waals surface area contributed by atoms with E-state index in [1.54, 1.807) is 0 Å². The van der Waals surface area contributed by atoms with Crippen molar-refractivity contribution in [1.82, 2.24) is 53.2 Å². The van der Waals surface area contributed by atoms with Gasteiger partial charge in [-0.25, -0.2) is 0 Å². The van der Waals surface area contributed by atoms with Crippen LogP contribution in [-0.4, -0.2) is 122 Å². The molecule has 0 saturated carbocycles. The lowest BCUT2D eigenvalue weighted by Crippen LogP contribution is -2.58. The maximum Gasteiger partial charge on any atom is 0.243 e. The van der Waals surface area contributed by atoms with E-state index in [4.69, 9.17) is 0 Å². The van der Waals surface area contributed by atoms with Crippen LogP contribution in [0.15, 0.2) is 0 Å². The van der Waals surface area contributed by atoms with Crippen LogP contribution in [0.4, 0.5) is 0 Å². The molecule has 6 atom stereocenters. The molecule has 0 heterocycles. The van der Waals surface area contributed by atoms with E-state index in [9.17, 15) is 47.9 Å². The first-order valence-electron chi connectivity index (χ1n) is 25.8. The highest BCUT2D eigenvalue weighted by molar-refractivity contribution is 5.97. The number of rotatable bonds is 40. The zero-order valence-electron chi connectivity index (χ0n) is 43.2. The van der Waals surface area contributed by atoms with Crippen molar-refractivity contribution in [2.24, 2.45) is 0 Å². The molecule has 0 radical (unpaired) electrons. The van der Waals surface area contributed by atoms with Crippen molar-refractivity contribution in [1.29, 1.82) is 0 Å². The van der Waals surface area contributed by atoms with Gasteiger partial charge in [0, 0.05) is 13.5 Å². The minimum Gasteiger partial charge on any atom is -0.355 e. The van der Waals surface area contributed by atoms with Crippen LogP contribution in [0.1, 0.15) is 190 Å². The van der Waals surface area contributed by atoms with Gasteiger partial charge in [-0.15, -0.1) is 0 Å². The molecule has 396 valence electrons. The molecular formula is C49H90N10O10. The minimum absolute atomic E-state index is 0.241. The lowest BCUT2D eigenvalue weighted by atomic mass is 10.0. The van der Waals surface area contributed by atoms with Gasteiger partial charge in [-0.2, -0.15) is 0 Å². The molecule has 0 rings (SSSR count). The van der Waals surface area contributed by atoms with Crippen molar-refractivity contribution in [3.05, 3.63) is 0 Å². The summed E-state index contributed by atoms with van der Waals surface area (Å²) in [4.78, 5) is 131. The van der Waals surface area contributed by atoms with Crippen LogP contribution in [0.3, 0.4) is 0 Å². The first kappa shape index (κ1) is 63.7. The van der Waals surface area contributed by atoms with Crippen molar-refractivity contribution in [3.8, 4) is 0 Å². The maximum absolute atomic E-state index is 13.9. The molecule has 0 saturated heterocycles. The summed E-state index contributed by atoms with van der Waals surface area (Å²) in [6.07, 6.45) is 13.5. The second kappa shape index (κ2) is 39.5. The van der Waals surface area contributed by atoms with E-state index in [1.165, 1.54) is 13.8 Å². The third-order valence-electron chi connectivity index (χ3n) is 11.4. The van der Waals surface area contributed by atoms with Crippen molar-refractivity contribution in [2.45, 2.75) is 226 Å². The predicted octanol–water partition coefficient (Wildman–Crippen LogP) is 2.71. The first-order chi connectivity index (χ1) is 33.0. The Kier molecular flexibility index (Phi) is 36.5. The Bertz CT molecular complexity index is 1580. The quantitative estimate of drug-likeness (QED) is 0.0401. The van der Waals surface area contributed by atoms with E-state index in [0.717, 1.165) is 70.6 Å². The summed E-state index contributed by atoms with van der Waals surface area (Å²) in [6, 6.07) is -6.15. The SMILES string of the molecule is CCCCC[C@H](NC(=O)CNC(C)=O)C(=O)N[C@@H](CCCCC)C(=O)N[C@@H](C)C(=O)NCC(=O)N[C@@H](CCCCC)C(=O)N[C@@H](CCCCC)C(=O)N[C@@H](CCCCC)C(=O)NCC(=O)NCCC. The van der Waals surface area contributed by atoms with E-state index >= 15 is 0 Å². The average molecular weight is 979 g/mol. The van der Waals surface area contributed by atoms with Crippen LogP contribution < -0.4 is 53.2 Å². The van der Waals surface area contributed by atoms with E-state index in [0.29, 0.717) is 51.5 Å². The van der Waals surface area contributed by atoms with Crippen LogP contribution in [0.25, 0.3) is 0 Å². The smallest absolute Gasteiger partial charge is 0.243 e. The molecule has 0 aliphatic carbocycles. The zero-order chi connectivity index (χ0) is 52.0. The van der Waals surface area contributed by atoms with Crippen LogP contribution in [0.5, 0.6) is 0 Å². The zero-order valence-corrected chi connectivity index (χ0v) is 43.2. The highest BCUT2D eigenvalue weighted by Gasteiger charge is 2.31. The van der Waals surface area contributed by atoms with Crippen molar-refractivity contribution in [3.63, 3.8) is 0 Å². The molecule has 0 aromatic heterocycles. The van der Waals surface area contributed by atoms with Crippen LogP contribution >= 0.6 is 0 Å². The maximum atomic E-state index is 13.9. The summed E-state index contributed by atoms with van der Waals surface area (Å²) in [6.45, 7) is 14.0. The summed E-state index contributed by atoms with van der Waals surface area (Å²) >= 11 is 0. The Labute approximate surface area is 411 Å². The van der Waals surface area contributed by atoms with E-state index in [-0.39, 0.29) is 38.3 Å². The number of carbonyl (C=O) groups is 10. The largest absolute Gasteiger partial charge is 0.355 e. The van der Waals surface area contributed by atoms with Gasteiger partial charge in [0.25, 0.3) is 0 Å². The molecule has 0 aliphatic rings. The molecule has 20 nitrogen and oxygen atoms in total. The monoisotopic (exact) mass is 979 g/mol. The third kappa shape index (κ3) is 30.7. The Morgan fingerprint density at radius 1 is 0.319 bits per heavy atom. The van der Waals surface area contributed by atoms with Gasteiger partial charge in [0.2, 0.25) is 59.1 Å². The molecule has 0 aromatic rings. The Morgan fingerprint density at radius 3 is 0.971 bits per heavy atom. The van der Waals surface area contributed by atoms with Crippen LogP contribution in [0.2, 0.25) is 0 Å². The number of hydrogen-bond acceptors (Lipinski definition) is 10. The fourth-order valence-electron chi connectivity index (χ4n) is 7.17. The lowest BCUT2D eigenvalue weighted by molar-refractivity contribution is -0.135. The van der Waals surface area contributed by atoms with Gasteiger partial charge >= 0.3 is 0 Å². The van der Waals surface area contributed by atoms with Crippen molar-refractivity contribution >= 4 is 59.1 Å². The molecular weight excluding hydrogens is 889 g/mol. The lowest BCUT2D eigenvalue weighted by Gasteiger charge is -2.26. The second-order valence-corrected chi connectivity index (χ2v) is 17.8. The molecule has 10 amide bonds. The van der Waals surface area contributed by atoms with E-state index < -0.39 is 96.0 Å². The van der Waals surface area contributed by atoms with E-state index in [1.807, 2.05) is 41.5 Å². The van der Waals surface area contributed by atoms with Crippen molar-refractivity contribution < 1.29 is 47.9 Å². The summed E-state index contributed by atoms with van der Waals surface area (Å²) in [5.41, 5.74) is 0. The Morgan fingerprint density at radius 2 is 0.623 bits per heavy atom. The molecule has 0 bridgehead atoms. The average Bonchev–Trinajstić information content (AvgIpc) is 3.31. The van der Waals surface area contributed by atoms with Gasteiger partial charge in [0.05, 0.1) is 19.6 Å². The van der Waals surface area contributed by atoms with Gasteiger partial charge in [0.1, 0.15) is 36.3 Å². The molecule has 10 N–H and O–H groups in total. The summed E-state index contributed by atoms with van der Waals surface area (Å²) in [5.74, 6) is -5.53. The molecule has 0 fully saturated rings. The summed E-state index contributed by atoms with van der Waals surface area (Å²) < 4.78 is 0. The number of carbonyl (C=O) groups excluding carboxylic acids is 10. The highest BCUT2D eigenvalue weighted by Crippen LogP contribution is 2.11. The molecule has 0 spiro atoms. The highest BCUT2D eigenvalue weighted by atomic mass is 16.2. The molecule has 0 aromatic carbocycles. The third-order valence-corrected chi connectivity index (χ3v) is 11.4. The van der Waals surface area contributed by atoms with E-state index in [2.05, 4.69) is 53.2 Å². The first-order valence-corrected chi connectivity index (χ1v) is 25.8. The standard InChI is InChI=1S/C49H90N10O10/c1-9-15-20-25-36(45(65)53-31-41(61)50-30-14-6)57-49(69)40(29-24-19-13-5)59-48(68)38(27-22-17-11-3)56-43(63)33-52-44(64)34(7)54-46(66)39(28-23-18-12-4)58-47(67)37(26-21-16-10-2)55-42(62)32-51-35(8)60/h34,36-40H,9-33H2,1-8H3,(H,50,61)(H,51,60)(H,52,64)(H,53,65)(H,54,66)(H,55,62)(H,56,63)(H,57,69)(H,58,67)(H,59,68)/t34-,36-,37-,38-,39-,40-/m0/s1. The topological polar surface area (TPSA) is 291 Å². The fourth-order valence-corrected chi connectivity index (χ4v) is 7.17. The van der Waals surface area contributed by atoms with Crippen LogP contribution in [-0.2, 0) is 47.9 Å². The molecule has 0 unspecified atom stereocenters.